The summed E-state index contributed by atoms with van der Waals surface area (Å²) in [6, 6.07) is 114. The van der Waals surface area contributed by atoms with Crippen molar-refractivity contribution < 1.29 is 0 Å². The lowest BCUT2D eigenvalue weighted by Gasteiger charge is -2.34. The number of benzene rings is 14. The van der Waals surface area contributed by atoms with Crippen molar-refractivity contribution in [2.45, 2.75) is 5.41 Å². The minimum Gasteiger partial charge on any atom is -0.208 e. The second kappa shape index (κ2) is 23.0. The monoisotopic (exact) mass is 1360 g/mol. The van der Waals surface area contributed by atoms with Crippen LogP contribution in [0.25, 0.3) is 182 Å². The number of fused-ring (bicyclic) bond motifs is 15. The molecule has 0 fully saturated rings. The van der Waals surface area contributed by atoms with E-state index >= 15 is 0 Å². The molecule has 1 aliphatic carbocycles. The fraction of sp³-hybridized carbons (Fsp3) is 0.0110. The molecule has 6 aromatic heterocycles. The number of thiophene rings is 4. The molecule has 20 aromatic rings. The summed E-state index contributed by atoms with van der Waals surface area (Å²) in [5.74, 6) is 3.73. The van der Waals surface area contributed by atoms with E-state index in [9.17, 15) is 0 Å². The van der Waals surface area contributed by atoms with Crippen LogP contribution in [0.5, 0.6) is 0 Å². The summed E-state index contributed by atoms with van der Waals surface area (Å²) in [5.41, 5.74) is 16.1. The van der Waals surface area contributed by atoms with Crippen molar-refractivity contribution in [2.24, 2.45) is 0 Å². The standard InChI is InChI=1S/C91H52N6S4/c1-3-21-54(22-4-1)60-25-7-8-30-68(60)87-92-85(55-43-47-65-61-26-10-15-37-76(61)98-80(65)51-55)95-90(96-87)73-50-57(49-72-64-29-13-18-40-79(64)101-84(72)73)53-41-45-59(46-42-53)91(58-23-5-2-6-24-58)74-35-14-9-31-69(74)82-70(33-20-36-75(82)91)88-93-86(56-44-48-66-62-27-11-16-38-77(62)99-81(66)52-56)94-89(97-88)71-34-19-32-67-63-28-12-17-39-78(63)100-83(67)71/h1-52H. The molecule has 6 heterocycles. The zero-order chi connectivity index (χ0) is 66.3. The maximum absolute atomic E-state index is 5.62. The lowest BCUT2D eigenvalue weighted by atomic mass is 9.67. The molecule has 0 saturated heterocycles. The molecule has 14 aromatic carbocycles. The molecular weight excluding hydrogens is 1310 g/mol. The number of hydrogen-bond acceptors (Lipinski definition) is 10. The molecule has 6 nitrogen and oxygen atoms in total. The largest absolute Gasteiger partial charge is 0.208 e. The highest BCUT2D eigenvalue weighted by atomic mass is 32.1. The van der Waals surface area contributed by atoms with E-state index in [1.165, 1.54) is 71.5 Å². The van der Waals surface area contributed by atoms with Crippen molar-refractivity contribution in [3.8, 4) is 102 Å². The first-order valence-corrected chi connectivity index (χ1v) is 37.1. The van der Waals surface area contributed by atoms with Crippen molar-refractivity contribution in [3.63, 3.8) is 0 Å². The summed E-state index contributed by atoms with van der Waals surface area (Å²) in [6.45, 7) is 0. The summed E-state index contributed by atoms with van der Waals surface area (Å²) < 4.78 is 9.59. The van der Waals surface area contributed by atoms with Gasteiger partial charge in [0.25, 0.3) is 0 Å². The van der Waals surface area contributed by atoms with Crippen molar-refractivity contribution in [3.05, 3.63) is 338 Å². The number of aromatic nitrogens is 6. The van der Waals surface area contributed by atoms with Gasteiger partial charge < -0.3 is 0 Å². The van der Waals surface area contributed by atoms with Crippen molar-refractivity contribution in [1.29, 1.82) is 0 Å². The maximum Gasteiger partial charge on any atom is 0.165 e. The van der Waals surface area contributed by atoms with Gasteiger partial charge in [0, 0.05) is 114 Å². The third-order valence-electron chi connectivity index (χ3n) is 20.3. The van der Waals surface area contributed by atoms with Gasteiger partial charge in [-0.1, -0.05) is 261 Å². The SMILES string of the molecule is c1ccc(-c2ccccc2-c2nc(-c3ccc4c(c3)sc3ccccc34)nc(-c3cc(-c4ccc(C5(c6ccccc6)c6ccccc6-c6c(-c7nc(-c8ccc9c(c8)sc8ccccc89)nc(-c8cccc9c8sc8ccccc89)n7)cccc65)cc4)cc4c3sc3ccccc34)n2)cc1. The van der Waals surface area contributed by atoms with Crippen LogP contribution in [0.1, 0.15) is 22.3 Å². The Morgan fingerprint density at radius 3 is 1.24 bits per heavy atom. The minimum atomic E-state index is -0.749. The van der Waals surface area contributed by atoms with Gasteiger partial charge in [-0.3, -0.25) is 0 Å². The van der Waals surface area contributed by atoms with Gasteiger partial charge in [0.05, 0.1) is 5.41 Å². The van der Waals surface area contributed by atoms with Crippen LogP contribution >= 0.6 is 45.3 Å². The third kappa shape index (κ3) is 9.19. The van der Waals surface area contributed by atoms with E-state index < -0.39 is 5.41 Å². The smallest absolute Gasteiger partial charge is 0.165 e. The van der Waals surface area contributed by atoms with E-state index in [-0.39, 0.29) is 0 Å². The summed E-state index contributed by atoms with van der Waals surface area (Å²) in [5, 5.41) is 9.72. The van der Waals surface area contributed by atoms with Gasteiger partial charge in [0.15, 0.2) is 34.9 Å². The predicted molar refractivity (Wildman–Crippen MR) is 426 cm³/mol. The molecule has 0 N–H and O–H groups in total. The van der Waals surface area contributed by atoms with Gasteiger partial charge in [-0.2, -0.15) is 0 Å². The Kier molecular flexibility index (Phi) is 13.2. The highest BCUT2D eigenvalue weighted by Gasteiger charge is 2.47. The molecule has 0 spiro atoms. The lowest BCUT2D eigenvalue weighted by molar-refractivity contribution is 0.768. The summed E-state index contributed by atoms with van der Waals surface area (Å²) in [7, 11) is 0. The fourth-order valence-corrected chi connectivity index (χ4v) is 20.5. The normalized spacial score (nSPS) is 13.6. The Balaban J connectivity index is 0.745. The topological polar surface area (TPSA) is 77.3 Å². The first-order valence-electron chi connectivity index (χ1n) is 33.8. The van der Waals surface area contributed by atoms with Crippen LogP contribution in [-0.4, -0.2) is 29.9 Å². The molecule has 0 aliphatic heterocycles. The second-order valence-electron chi connectivity index (χ2n) is 25.9. The van der Waals surface area contributed by atoms with Crippen LogP contribution in [0.15, 0.2) is 315 Å². The molecule has 0 saturated carbocycles. The van der Waals surface area contributed by atoms with Gasteiger partial charge in [0.1, 0.15) is 0 Å². The number of nitrogens with zero attached hydrogens (tertiary/aromatic N) is 6. The van der Waals surface area contributed by atoms with Crippen molar-refractivity contribution in [1.82, 2.24) is 29.9 Å². The van der Waals surface area contributed by atoms with E-state index in [4.69, 9.17) is 29.9 Å². The molecule has 0 radical (unpaired) electrons. The molecule has 1 atom stereocenters. The van der Waals surface area contributed by atoms with Gasteiger partial charge in [0.2, 0.25) is 0 Å². The lowest BCUT2D eigenvalue weighted by Crippen LogP contribution is -2.28. The minimum absolute atomic E-state index is 0.613. The first-order chi connectivity index (χ1) is 50.0. The van der Waals surface area contributed by atoms with Crippen molar-refractivity contribution in [2.75, 3.05) is 0 Å². The summed E-state index contributed by atoms with van der Waals surface area (Å²) in [6.07, 6.45) is 0. The first kappa shape index (κ1) is 58.0. The Morgan fingerprint density at radius 1 is 0.198 bits per heavy atom. The van der Waals surface area contributed by atoms with Crippen LogP contribution in [0, 0.1) is 0 Å². The van der Waals surface area contributed by atoms with E-state index in [0.29, 0.717) is 34.9 Å². The van der Waals surface area contributed by atoms with E-state index in [0.717, 1.165) is 98.2 Å². The van der Waals surface area contributed by atoms with Gasteiger partial charge >= 0.3 is 0 Å². The molecule has 0 bridgehead atoms. The molecule has 21 rings (SSSR count). The number of rotatable bonds is 10. The van der Waals surface area contributed by atoms with Gasteiger partial charge in [-0.15, -0.1) is 45.3 Å². The molecule has 0 amide bonds. The highest BCUT2D eigenvalue weighted by molar-refractivity contribution is 7.27. The quantitative estimate of drug-likeness (QED) is 0.136. The molecule has 101 heavy (non-hydrogen) atoms. The van der Waals surface area contributed by atoms with Crippen molar-refractivity contribution >= 4 is 126 Å². The van der Waals surface area contributed by atoms with Crippen LogP contribution in [-0.2, 0) is 5.41 Å². The highest BCUT2D eigenvalue weighted by Crippen LogP contribution is 2.59. The predicted octanol–water partition coefficient (Wildman–Crippen LogP) is 25.2. The average Bonchev–Trinajstić information content (AvgIpc) is 1.54. The molecule has 470 valence electrons. The van der Waals surface area contributed by atoms with Gasteiger partial charge in [-0.05, 0) is 110 Å². The average molecular weight is 1360 g/mol. The third-order valence-corrected chi connectivity index (χ3v) is 25.0. The van der Waals surface area contributed by atoms with Gasteiger partial charge in [-0.25, -0.2) is 29.9 Å². The second-order valence-corrected chi connectivity index (χ2v) is 30.2. The van der Waals surface area contributed by atoms with Crippen LogP contribution < -0.4 is 0 Å². The fourth-order valence-electron chi connectivity index (χ4n) is 15.8. The Morgan fingerprint density at radius 2 is 0.604 bits per heavy atom. The summed E-state index contributed by atoms with van der Waals surface area (Å²) in [4.78, 5) is 33.2. The number of hydrogen-bond donors (Lipinski definition) is 0. The Labute approximate surface area is 596 Å². The zero-order valence-corrected chi connectivity index (χ0v) is 57.1. The maximum atomic E-state index is 5.62. The summed E-state index contributed by atoms with van der Waals surface area (Å²) >= 11 is 7.18. The molecule has 1 aliphatic rings. The van der Waals surface area contributed by atoms with Crippen LogP contribution in [0.4, 0.5) is 0 Å². The van der Waals surface area contributed by atoms with Crippen LogP contribution in [0.3, 0.4) is 0 Å². The molecule has 10 heteroatoms. The Bertz CT molecular complexity index is 6790. The molecule has 1 unspecified atom stereocenters. The molecular formula is C91H52N6S4. The van der Waals surface area contributed by atoms with E-state index in [2.05, 4.69) is 315 Å². The van der Waals surface area contributed by atoms with Crippen LogP contribution in [0.2, 0.25) is 0 Å². The van der Waals surface area contributed by atoms with E-state index in [1.807, 2.05) is 0 Å². The Hall–Kier alpha value is -12.0. The zero-order valence-electron chi connectivity index (χ0n) is 53.8. The van der Waals surface area contributed by atoms with E-state index in [1.54, 1.807) is 45.3 Å².